The van der Waals surface area contributed by atoms with Gasteiger partial charge in [-0.2, -0.15) is 4.98 Å². The van der Waals surface area contributed by atoms with Crippen molar-refractivity contribution in [3.8, 4) is 6.01 Å². The zero-order valence-corrected chi connectivity index (χ0v) is 7.02. The van der Waals surface area contributed by atoms with E-state index in [1.165, 1.54) is 0 Å². The first-order valence-electron chi connectivity index (χ1n) is 3.58. The van der Waals surface area contributed by atoms with Crippen LogP contribution in [0.4, 0.5) is 5.82 Å². The van der Waals surface area contributed by atoms with E-state index in [0.717, 1.165) is 0 Å². The normalized spacial score (nSPS) is 9.62. The molecule has 0 saturated carbocycles. The summed E-state index contributed by atoms with van der Waals surface area (Å²) in [6.07, 6.45) is 0. The number of ether oxygens (including phenoxy) is 1. The Balaban J connectivity index is 2.98. The van der Waals surface area contributed by atoms with E-state index >= 15 is 0 Å². The van der Waals surface area contributed by atoms with Crippen LogP contribution in [-0.4, -0.2) is 27.7 Å². The minimum Gasteiger partial charge on any atom is -0.463 e. The molecule has 1 heterocycles. The van der Waals surface area contributed by atoms with Crippen molar-refractivity contribution in [2.45, 2.75) is 6.92 Å². The van der Waals surface area contributed by atoms with E-state index in [2.05, 4.69) is 15.2 Å². The molecule has 13 heavy (non-hydrogen) atoms. The van der Waals surface area contributed by atoms with Crippen LogP contribution in [0.5, 0.6) is 6.01 Å². The van der Waals surface area contributed by atoms with Crippen molar-refractivity contribution in [1.82, 2.24) is 15.2 Å². The van der Waals surface area contributed by atoms with Crippen molar-refractivity contribution in [3.05, 3.63) is 5.69 Å². The van der Waals surface area contributed by atoms with E-state index in [1.54, 1.807) is 6.92 Å². The molecule has 0 radical (unpaired) electrons. The maximum absolute atomic E-state index is 10.6. The zero-order valence-electron chi connectivity index (χ0n) is 7.02. The van der Waals surface area contributed by atoms with Gasteiger partial charge in [-0.05, 0) is 6.92 Å². The Labute approximate surface area is 74.1 Å². The topological polar surface area (TPSA) is 117 Å². The maximum Gasteiger partial charge on any atom is 0.337 e. The van der Waals surface area contributed by atoms with Gasteiger partial charge in [0, 0.05) is 0 Å². The first-order chi connectivity index (χ1) is 6.15. The van der Waals surface area contributed by atoms with Crippen LogP contribution < -0.4 is 16.2 Å². The quantitative estimate of drug-likeness (QED) is 0.617. The number of carbonyl (C=O) groups is 1. The summed E-state index contributed by atoms with van der Waals surface area (Å²) < 4.78 is 4.90. The lowest BCUT2D eigenvalue weighted by molar-refractivity contribution is 0.0995. The second kappa shape index (κ2) is 3.65. The van der Waals surface area contributed by atoms with E-state index < -0.39 is 5.91 Å². The monoisotopic (exact) mass is 183 g/mol. The molecule has 1 rings (SSSR count). The molecule has 0 bridgehead atoms. The number of nitrogens with two attached hydrogens (primary N) is 2. The van der Waals surface area contributed by atoms with E-state index in [-0.39, 0.29) is 17.5 Å². The highest BCUT2D eigenvalue weighted by molar-refractivity contribution is 5.94. The molecule has 7 nitrogen and oxygen atoms in total. The van der Waals surface area contributed by atoms with Crippen LogP contribution in [0.3, 0.4) is 0 Å². The summed E-state index contributed by atoms with van der Waals surface area (Å²) in [6.45, 7) is 2.17. The van der Waals surface area contributed by atoms with Crippen LogP contribution in [0, 0.1) is 0 Å². The third-order valence-corrected chi connectivity index (χ3v) is 1.20. The van der Waals surface area contributed by atoms with Crippen LogP contribution in [0.25, 0.3) is 0 Å². The van der Waals surface area contributed by atoms with Crippen molar-refractivity contribution >= 4 is 11.7 Å². The number of carbonyl (C=O) groups excluding carboxylic acids is 1. The van der Waals surface area contributed by atoms with Gasteiger partial charge in [0.15, 0.2) is 11.5 Å². The lowest BCUT2D eigenvalue weighted by atomic mass is 10.4. The first kappa shape index (κ1) is 9.17. The van der Waals surface area contributed by atoms with Crippen LogP contribution in [0.1, 0.15) is 17.4 Å². The molecule has 0 atom stereocenters. The predicted molar refractivity (Wildman–Crippen MR) is 43.9 cm³/mol. The highest BCUT2D eigenvalue weighted by Crippen LogP contribution is 2.07. The molecular weight excluding hydrogens is 174 g/mol. The fourth-order valence-electron chi connectivity index (χ4n) is 0.688. The molecule has 0 spiro atoms. The summed E-state index contributed by atoms with van der Waals surface area (Å²) >= 11 is 0. The Morgan fingerprint density at radius 2 is 2.23 bits per heavy atom. The lowest BCUT2D eigenvalue weighted by Crippen LogP contribution is -2.18. The molecule has 7 heteroatoms. The Morgan fingerprint density at radius 3 is 2.69 bits per heavy atom. The molecule has 1 aromatic rings. The fraction of sp³-hybridized carbons (Fsp3) is 0.333. The maximum atomic E-state index is 10.6. The number of nitrogen functional groups attached to an aromatic ring is 1. The average Bonchev–Trinajstić information content (AvgIpc) is 2.04. The molecule has 0 aromatic carbocycles. The van der Waals surface area contributed by atoms with Gasteiger partial charge in [-0.25, -0.2) is 0 Å². The average molecular weight is 183 g/mol. The highest BCUT2D eigenvalue weighted by atomic mass is 16.5. The summed E-state index contributed by atoms with van der Waals surface area (Å²) in [5.74, 6) is -0.841. The second-order valence-electron chi connectivity index (χ2n) is 2.13. The second-order valence-corrected chi connectivity index (χ2v) is 2.13. The molecule has 1 amide bonds. The fourth-order valence-corrected chi connectivity index (χ4v) is 0.688. The summed E-state index contributed by atoms with van der Waals surface area (Å²) in [5, 5.41) is 6.95. The zero-order chi connectivity index (χ0) is 9.84. The number of rotatable bonds is 3. The summed E-state index contributed by atoms with van der Waals surface area (Å²) in [6, 6.07) is 0.0324. The third-order valence-electron chi connectivity index (χ3n) is 1.20. The Kier molecular flexibility index (Phi) is 2.58. The number of hydrogen-bond donors (Lipinski definition) is 2. The molecule has 0 fully saturated rings. The standard InChI is InChI=1S/C6H9N5O2/c1-2-13-6-9-4(7)3(5(8)12)10-11-6/h2H2,1H3,(H2,8,12)(H2,7,9,11). The van der Waals surface area contributed by atoms with Gasteiger partial charge in [0.1, 0.15) is 0 Å². The van der Waals surface area contributed by atoms with Crippen molar-refractivity contribution < 1.29 is 9.53 Å². The number of hydrogen-bond acceptors (Lipinski definition) is 6. The molecule has 0 unspecified atom stereocenters. The minimum absolute atomic E-state index is 0.0324. The smallest absolute Gasteiger partial charge is 0.337 e. The Morgan fingerprint density at radius 1 is 1.54 bits per heavy atom. The summed E-state index contributed by atoms with van der Waals surface area (Å²) in [7, 11) is 0. The molecule has 70 valence electrons. The van der Waals surface area contributed by atoms with Crippen LogP contribution in [-0.2, 0) is 0 Å². The van der Waals surface area contributed by atoms with Gasteiger partial charge in [0.25, 0.3) is 5.91 Å². The van der Waals surface area contributed by atoms with Crippen molar-refractivity contribution in [2.75, 3.05) is 12.3 Å². The van der Waals surface area contributed by atoms with E-state index in [4.69, 9.17) is 16.2 Å². The predicted octanol–water partition coefficient (Wildman–Crippen LogP) is -1.05. The Hall–Kier alpha value is -1.92. The van der Waals surface area contributed by atoms with Gasteiger partial charge in [-0.3, -0.25) is 4.79 Å². The van der Waals surface area contributed by atoms with Crippen molar-refractivity contribution in [1.29, 1.82) is 0 Å². The van der Waals surface area contributed by atoms with Crippen molar-refractivity contribution in [2.24, 2.45) is 5.73 Å². The number of amides is 1. The molecular formula is C6H9N5O2. The van der Waals surface area contributed by atoms with Crippen LogP contribution in [0.2, 0.25) is 0 Å². The largest absolute Gasteiger partial charge is 0.463 e. The van der Waals surface area contributed by atoms with E-state index in [0.29, 0.717) is 6.61 Å². The van der Waals surface area contributed by atoms with Gasteiger partial charge in [-0.15, -0.1) is 5.10 Å². The van der Waals surface area contributed by atoms with Crippen LogP contribution >= 0.6 is 0 Å². The van der Waals surface area contributed by atoms with Crippen LogP contribution in [0.15, 0.2) is 0 Å². The SMILES string of the molecule is CCOc1nnc(C(N)=O)c(N)n1. The molecule has 0 saturated heterocycles. The summed E-state index contributed by atoms with van der Waals surface area (Å²) in [5.41, 5.74) is 10.1. The molecule has 0 aliphatic rings. The number of primary amides is 1. The van der Waals surface area contributed by atoms with Gasteiger partial charge in [0.05, 0.1) is 6.61 Å². The Bertz CT molecular complexity index is 327. The lowest BCUT2D eigenvalue weighted by Gasteiger charge is -2.01. The van der Waals surface area contributed by atoms with Crippen molar-refractivity contribution in [3.63, 3.8) is 0 Å². The minimum atomic E-state index is -0.763. The van der Waals surface area contributed by atoms with E-state index in [1.807, 2.05) is 0 Å². The third kappa shape index (κ3) is 2.01. The van der Waals surface area contributed by atoms with Gasteiger partial charge >= 0.3 is 6.01 Å². The number of aromatic nitrogens is 3. The number of anilines is 1. The molecule has 4 N–H and O–H groups in total. The van der Waals surface area contributed by atoms with Gasteiger partial charge < -0.3 is 16.2 Å². The van der Waals surface area contributed by atoms with E-state index in [9.17, 15) is 4.79 Å². The summed E-state index contributed by atoms with van der Waals surface area (Å²) in [4.78, 5) is 14.3. The number of nitrogens with zero attached hydrogens (tertiary/aromatic N) is 3. The molecule has 1 aromatic heterocycles. The van der Waals surface area contributed by atoms with Gasteiger partial charge in [-0.1, -0.05) is 5.10 Å². The first-order valence-corrected chi connectivity index (χ1v) is 3.58. The highest BCUT2D eigenvalue weighted by Gasteiger charge is 2.11. The van der Waals surface area contributed by atoms with Gasteiger partial charge in [0.2, 0.25) is 0 Å². The molecule has 0 aliphatic carbocycles. The molecule has 0 aliphatic heterocycles.